The molecule has 1 aromatic rings. The highest BCUT2D eigenvalue weighted by atomic mass is 16.5. The van der Waals surface area contributed by atoms with Crippen LogP contribution in [-0.2, 0) is 27.5 Å². The molecule has 2 aliphatic rings. The lowest BCUT2D eigenvalue weighted by Gasteiger charge is -2.33. The van der Waals surface area contributed by atoms with Gasteiger partial charge < -0.3 is 14.4 Å². The largest absolute Gasteiger partial charge is 0.467 e. The number of amides is 1. The fourth-order valence-corrected chi connectivity index (χ4v) is 3.03. The molecule has 0 aliphatic carbocycles. The number of piperidine rings is 1. The van der Waals surface area contributed by atoms with Gasteiger partial charge in [0.25, 0.3) is 5.91 Å². The van der Waals surface area contributed by atoms with Crippen LogP contribution in [0.25, 0.3) is 0 Å². The number of hydrogen-bond donors (Lipinski definition) is 0. The van der Waals surface area contributed by atoms with Crippen molar-refractivity contribution in [2.75, 3.05) is 13.7 Å². The molecule has 1 fully saturated rings. The van der Waals surface area contributed by atoms with Gasteiger partial charge in [-0.25, -0.2) is 4.79 Å². The fourth-order valence-electron chi connectivity index (χ4n) is 3.03. The molecule has 0 N–H and O–H groups in total. The van der Waals surface area contributed by atoms with Gasteiger partial charge in [0.2, 0.25) is 0 Å². The van der Waals surface area contributed by atoms with Crippen molar-refractivity contribution in [2.24, 2.45) is 0 Å². The van der Waals surface area contributed by atoms with Crippen molar-refractivity contribution in [3.63, 3.8) is 0 Å². The molecule has 21 heavy (non-hydrogen) atoms. The van der Waals surface area contributed by atoms with Gasteiger partial charge in [0.1, 0.15) is 6.04 Å². The van der Waals surface area contributed by atoms with Crippen molar-refractivity contribution in [3.8, 4) is 0 Å². The maximum atomic E-state index is 12.7. The smallest absolute Gasteiger partial charge is 0.328 e. The van der Waals surface area contributed by atoms with E-state index in [-0.39, 0.29) is 11.9 Å². The third-order valence-corrected chi connectivity index (χ3v) is 4.21. The van der Waals surface area contributed by atoms with E-state index in [0.29, 0.717) is 31.7 Å². The van der Waals surface area contributed by atoms with Gasteiger partial charge in [-0.3, -0.25) is 4.79 Å². The molecule has 2 aliphatic heterocycles. The van der Waals surface area contributed by atoms with Crippen molar-refractivity contribution in [1.82, 2.24) is 4.90 Å². The summed E-state index contributed by atoms with van der Waals surface area (Å²) in [6.45, 7) is 1.77. The van der Waals surface area contributed by atoms with Gasteiger partial charge in [-0.15, -0.1) is 0 Å². The summed E-state index contributed by atoms with van der Waals surface area (Å²) in [5, 5.41) is 0. The molecule has 112 valence electrons. The zero-order chi connectivity index (χ0) is 14.8. The van der Waals surface area contributed by atoms with E-state index >= 15 is 0 Å². The highest BCUT2D eigenvalue weighted by Crippen LogP contribution is 2.24. The molecule has 0 saturated carbocycles. The van der Waals surface area contributed by atoms with E-state index in [2.05, 4.69) is 0 Å². The number of ether oxygens (including phenoxy) is 2. The number of fused-ring (bicyclic) bond motifs is 1. The Hall–Kier alpha value is -1.88. The first-order valence-corrected chi connectivity index (χ1v) is 7.29. The Labute approximate surface area is 123 Å². The van der Waals surface area contributed by atoms with Crippen molar-refractivity contribution in [1.29, 1.82) is 0 Å². The van der Waals surface area contributed by atoms with Crippen LogP contribution in [-0.4, -0.2) is 36.5 Å². The van der Waals surface area contributed by atoms with E-state index < -0.39 is 6.04 Å². The highest BCUT2D eigenvalue weighted by Gasteiger charge is 2.33. The molecule has 0 radical (unpaired) electrons. The number of esters is 1. The summed E-state index contributed by atoms with van der Waals surface area (Å²) in [6.07, 6.45) is 2.54. The lowest BCUT2D eigenvalue weighted by atomic mass is 9.99. The summed E-state index contributed by atoms with van der Waals surface area (Å²) >= 11 is 0. The Balaban J connectivity index is 1.84. The summed E-state index contributed by atoms with van der Waals surface area (Å²) in [7, 11) is 1.37. The number of carbonyl (C=O) groups is 2. The highest BCUT2D eigenvalue weighted by molar-refractivity contribution is 5.97. The molecule has 0 aromatic heterocycles. The SMILES string of the molecule is COC(=O)C1CCCCN1C(=O)c1ccc2c(c1)COC2. The number of carbonyl (C=O) groups excluding carboxylic acids is 2. The topological polar surface area (TPSA) is 55.8 Å². The monoisotopic (exact) mass is 289 g/mol. The molecule has 0 bridgehead atoms. The number of nitrogens with zero attached hydrogens (tertiary/aromatic N) is 1. The first-order valence-electron chi connectivity index (χ1n) is 7.29. The van der Waals surface area contributed by atoms with E-state index in [4.69, 9.17) is 9.47 Å². The molecule has 1 atom stereocenters. The average Bonchev–Trinajstić information content (AvgIpc) is 3.01. The second kappa shape index (κ2) is 5.85. The molecular weight excluding hydrogens is 270 g/mol. The van der Waals surface area contributed by atoms with E-state index in [1.54, 1.807) is 4.90 Å². The zero-order valence-electron chi connectivity index (χ0n) is 12.1. The Morgan fingerprint density at radius 3 is 2.86 bits per heavy atom. The standard InChI is InChI=1S/C16H19NO4/c1-20-16(19)14-4-2-3-7-17(14)15(18)11-5-6-12-9-21-10-13(12)8-11/h5-6,8,14H,2-4,7,9-10H2,1H3. The second-order valence-electron chi connectivity index (χ2n) is 5.51. The van der Waals surface area contributed by atoms with Gasteiger partial charge >= 0.3 is 5.97 Å². The van der Waals surface area contributed by atoms with Crippen LogP contribution < -0.4 is 0 Å². The molecule has 1 amide bonds. The Kier molecular flexibility index (Phi) is 3.92. The zero-order valence-corrected chi connectivity index (χ0v) is 12.1. The number of rotatable bonds is 2. The maximum Gasteiger partial charge on any atom is 0.328 e. The molecule has 5 nitrogen and oxygen atoms in total. The minimum Gasteiger partial charge on any atom is -0.467 e. The minimum atomic E-state index is -0.458. The first-order chi connectivity index (χ1) is 10.2. The van der Waals surface area contributed by atoms with Crippen molar-refractivity contribution < 1.29 is 19.1 Å². The van der Waals surface area contributed by atoms with Gasteiger partial charge in [-0.1, -0.05) is 6.07 Å². The van der Waals surface area contributed by atoms with Crippen molar-refractivity contribution in [2.45, 2.75) is 38.5 Å². The van der Waals surface area contributed by atoms with Crippen LogP contribution in [0.1, 0.15) is 40.7 Å². The molecule has 0 spiro atoms. The molecule has 3 rings (SSSR count). The Bertz CT molecular complexity index is 569. The first kappa shape index (κ1) is 14.1. The number of hydrogen-bond acceptors (Lipinski definition) is 4. The van der Waals surface area contributed by atoms with Crippen molar-refractivity contribution in [3.05, 3.63) is 34.9 Å². The van der Waals surface area contributed by atoms with Gasteiger partial charge in [0.15, 0.2) is 0 Å². The molecule has 1 aromatic carbocycles. The molecular formula is C16H19NO4. The lowest BCUT2D eigenvalue weighted by molar-refractivity contribution is -0.147. The summed E-state index contributed by atoms with van der Waals surface area (Å²) in [6, 6.07) is 5.18. The third-order valence-electron chi connectivity index (χ3n) is 4.21. The van der Waals surface area contributed by atoms with Crippen LogP contribution in [0.3, 0.4) is 0 Å². The summed E-state index contributed by atoms with van der Waals surface area (Å²) < 4.78 is 10.2. The van der Waals surface area contributed by atoms with Crippen molar-refractivity contribution >= 4 is 11.9 Å². The average molecular weight is 289 g/mol. The van der Waals surface area contributed by atoms with Crippen LogP contribution in [0.2, 0.25) is 0 Å². The predicted molar refractivity (Wildman–Crippen MR) is 75.6 cm³/mol. The number of likely N-dealkylation sites (tertiary alicyclic amines) is 1. The van der Waals surface area contributed by atoms with E-state index in [1.807, 2.05) is 18.2 Å². The van der Waals surface area contributed by atoms with Gasteiger partial charge in [-0.05, 0) is 42.5 Å². The lowest BCUT2D eigenvalue weighted by Crippen LogP contribution is -2.48. The number of methoxy groups -OCH3 is 1. The van der Waals surface area contributed by atoms with Crippen LogP contribution >= 0.6 is 0 Å². The molecule has 1 saturated heterocycles. The second-order valence-corrected chi connectivity index (χ2v) is 5.51. The molecule has 2 heterocycles. The van der Waals surface area contributed by atoms with Crippen LogP contribution in [0.5, 0.6) is 0 Å². The quantitative estimate of drug-likeness (QED) is 0.780. The molecule has 5 heteroatoms. The normalized spacial score (nSPS) is 21.0. The van der Waals surface area contributed by atoms with E-state index in [9.17, 15) is 9.59 Å². The fraction of sp³-hybridized carbons (Fsp3) is 0.500. The summed E-state index contributed by atoms with van der Waals surface area (Å²) in [5.74, 6) is -0.424. The minimum absolute atomic E-state index is 0.0974. The Morgan fingerprint density at radius 1 is 1.24 bits per heavy atom. The van der Waals surface area contributed by atoms with Crippen LogP contribution in [0.15, 0.2) is 18.2 Å². The number of benzene rings is 1. The van der Waals surface area contributed by atoms with E-state index in [1.165, 1.54) is 7.11 Å². The van der Waals surface area contributed by atoms with Gasteiger partial charge in [-0.2, -0.15) is 0 Å². The van der Waals surface area contributed by atoms with Crippen LogP contribution in [0.4, 0.5) is 0 Å². The maximum absolute atomic E-state index is 12.7. The predicted octanol–water partition coefficient (Wildman–Crippen LogP) is 1.88. The summed E-state index contributed by atoms with van der Waals surface area (Å²) in [5.41, 5.74) is 2.82. The van der Waals surface area contributed by atoms with E-state index in [0.717, 1.165) is 24.0 Å². The van der Waals surface area contributed by atoms with Crippen LogP contribution in [0, 0.1) is 0 Å². The van der Waals surface area contributed by atoms with Gasteiger partial charge in [0.05, 0.1) is 20.3 Å². The Morgan fingerprint density at radius 2 is 2.05 bits per heavy atom. The van der Waals surface area contributed by atoms with Gasteiger partial charge in [0, 0.05) is 12.1 Å². The molecule has 1 unspecified atom stereocenters. The third kappa shape index (κ3) is 2.65. The summed E-state index contributed by atoms with van der Waals surface area (Å²) in [4.78, 5) is 26.2.